The van der Waals surface area contributed by atoms with Crippen molar-refractivity contribution in [3.63, 3.8) is 0 Å². The number of hydrogen-bond acceptors (Lipinski definition) is 6. The molecule has 4 rings (SSSR count). The number of fused-ring (bicyclic) bond motifs is 3. The molecule has 0 radical (unpaired) electrons. The molecule has 2 aliphatic rings. The molecule has 2 amide bonds. The Hall–Kier alpha value is -4.46. The van der Waals surface area contributed by atoms with Crippen molar-refractivity contribution in [2.24, 2.45) is 0 Å². The van der Waals surface area contributed by atoms with Crippen molar-refractivity contribution < 1.29 is 28.7 Å². The fourth-order valence-corrected chi connectivity index (χ4v) is 5.49. The van der Waals surface area contributed by atoms with Gasteiger partial charge in [-0.05, 0) is 29.2 Å². The van der Waals surface area contributed by atoms with E-state index in [1.807, 2.05) is 60.7 Å². The highest BCUT2D eigenvalue weighted by molar-refractivity contribution is 6.04. The van der Waals surface area contributed by atoms with Crippen molar-refractivity contribution in [2.45, 2.75) is 45.6 Å². The van der Waals surface area contributed by atoms with Gasteiger partial charge in [0.1, 0.15) is 5.76 Å². The zero-order valence-corrected chi connectivity index (χ0v) is 22.7. The van der Waals surface area contributed by atoms with Gasteiger partial charge in [0.15, 0.2) is 0 Å². The number of carbonyl (C=O) groups excluding carboxylic acids is 4. The lowest BCUT2D eigenvalue weighted by atomic mass is 9.70. The van der Waals surface area contributed by atoms with E-state index in [0.29, 0.717) is 36.5 Å². The van der Waals surface area contributed by atoms with Crippen LogP contribution in [0.3, 0.4) is 0 Å². The second kappa shape index (κ2) is 11.1. The number of allylic oxidation sites excluding steroid dienone is 2. The van der Waals surface area contributed by atoms with Crippen LogP contribution in [0, 0.1) is 0 Å². The second-order valence-electron chi connectivity index (χ2n) is 9.70. The van der Waals surface area contributed by atoms with Crippen LogP contribution in [-0.4, -0.2) is 42.3 Å². The van der Waals surface area contributed by atoms with Gasteiger partial charge in [0, 0.05) is 40.3 Å². The second-order valence-corrected chi connectivity index (χ2v) is 9.70. The normalized spacial score (nSPS) is 17.5. The van der Waals surface area contributed by atoms with Crippen LogP contribution >= 0.6 is 0 Å². The molecule has 202 valence electrons. The molecule has 1 aliphatic heterocycles. The van der Waals surface area contributed by atoms with Crippen LogP contribution in [0.4, 0.5) is 5.69 Å². The Kier molecular flexibility index (Phi) is 7.85. The molecule has 2 aromatic carbocycles. The van der Waals surface area contributed by atoms with Crippen molar-refractivity contribution in [1.29, 1.82) is 0 Å². The Bertz CT molecular complexity index is 1410. The first-order chi connectivity index (χ1) is 18.6. The van der Waals surface area contributed by atoms with E-state index in [1.165, 1.54) is 27.9 Å². The minimum Gasteiger partial charge on any atom is -0.466 e. The number of benzene rings is 2. The van der Waals surface area contributed by atoms with Crippen molar-refractivity contribution >= 4 is 29.4 Å². The molecule has 0 unspecified atom stereocenters. The van der Waals surface area contributed by atoms with Gasteiger partial charge in [-0.3, -0.25) is 19.3 Å². The number of methoxy groups -OCH3 is 1. The summed E-state index contributed by atoms with van der Waals surface area (Å²) in [6.07, 6.45) is 2.34. The number of amides is 2. The van der Waals surface area contributed by atoms with E-state index in [1.54, 1.807) is 9.80 Å². The molecule has 1 aliphatic carbocycles. The van der Waals surface area contributed by atoms with Gasteiger partial charge in [0.25, 0.3) is 0 Å². The standard InChI is InChI=1S/C31H32N2O6/c1-20(39-23(4)36)25-17-26(30(37)38-5)29-31(18-25,27-13-9-10-14-28(27)33(29)22(3)35)15-16-32(21(2)34)19-24-11-7-6-8-12-24/h6-14,18H,1,15-17,19H2,2-5H3/t31-/m0/s1. The van der Waals surface area contributed by atoms with Gasteiger partial charge < -0.3 is 14.4 Å². The fraction of sp³-hybridized carbons (Fsp3) is 0.290. The molecule has 8 heteroatoms. The Morgan fingerprint density at radius 3 is 2.28 bits per heavy atom. The molecule has 0 bridgehead atoms. The topological polar surface area (TPSA) is 93.2 Å². The summed E-state index contributed by atoms with van der Waals surface area (Å²) in [5.74, 6) is -1.37. The van der Waals surface area contributed by atoms with Crippen molar-refractivity contribution in [1.82, 2.24) is 4.90 Å². The molecule has 0 fully saturated rings. The van der Waals surface area contributed by atoms with Crippen molar-refractivity contribution in [3.05, 3.63) is 101 Å². The van der Waals surface area contributed by atoms with Crippen LogP contribution in [0.2, 0.25) is 0 Å². The molecule has 0 spiro atoms. The molecule has 8 nitrogen and oxygen atoms in total. The number of hydrogen-bond donors (Lipinski definition) is 0. The Balaban J connectivity index is 1.89. The summed E-state index contributed by atoms with van der Waals surface area (Å²) >= 11 is 0. The van der Waals surface area contributed by atoms with Gasteiger partial charge in [0.2, 0.25) is 11.8 Å². The molecule has 0 aromatic heterocycles. The van der Waals surface area contributed by atoms with Crippen LogP contribution in [0.25, 0.3) is 0 Å². The summed E-state index contributed by atoms with van der Waals surface area (Å²) < 4.78 is 10.5. The number of rotatable bonds is 8. The lowest BCUT2D eigenvalue weighted by molar-refractivity contribution is -0.136. The smallest absolute Gasteiger partial charge is 0.335 e. The van der Waals surface area contributed by atoms with Gasteiger partial charge in [-0.2, -0.15) is 0 Å². The third kappa shape index (κ3) is 5.27. The lowest BCUT2D eigenvalue weighted by Gasteiger charge is -2.37. The van der Waals surface area contributed by atoms with E-state index in [0.717, 1.165) is 11.1 Å². The number of nitrogens with zero attached hydrogens (tertiary/aromatic N) is 2. The van der Waals surface area contributed by atoms with Crippen molar-refractivity contribution in [3.8, 4) is 0 Å². The van der Waals surface area contributed by atoms with Gasteiger partial charge in [-0.15, -0.1) is 0 Å². The van der Waals surface area contributed by atoms with E-state index in [9.17, 15) is 19.2 Å². The Morgan fingerprint density at radius 2 is 1.67 bits per heavy atom. The highest BCUT2D eigenvalue weighted by Crippen LogP contribution is 2.56. The number of carbonyl (C=O) groups is 4. The minimum atomic E-state index is -0.993. The largest absolute Gasteiger partial charge is 0.466 e. The molecule has 1 heterocycles. The summed E-state index contributed by atoms with van der Waals surface area (Å²) in [6.45, 7) is 8.92. The maximum absolute atomic E-state index is 13.2. The van der Waals surface area contributed by atoms with Gasteiger partial charge in [-0.1, -0.05) is 61.2 Å². The summed E-state index contributed by atoms with van der Waals surface area (Å²) in [5, 5.41) is 0. The number of anilines is 1. The molecule has 39 heavy (non-hydrogen) atoms. The van der Waals surface area contributed by atoms with Gasteiger partial charge >= 0.3 is 11.9 Å². The van der Waals surface area contributed by atoms with Crippen molar-refractivity contribution in [2.75, 3.05) is 18.6 Å². The third-order valence-corrected chi connectivity index (χ3v) is 7.15. The van der Waals surface area contributed by atoms with E-state index in [2.05, 4.69) is 6.58 Å². The van der Waals surface area contributed by atoms with E-state index < -0.39 is 17.4 Å². The zero-order chi connectivity index (χ0) is 28.3. The van der Waals surface area contributed by atoms with Crippen LogP contribution in [0.15, 0.2) is 89.9 Å². The highest BCUT2D eigenvalue weighted by atomic mass is 16.5. The quantitative estimate of drug-likeness (QED) is 0.368. The molecular formula is C31H32N2O6. The Labute approximate surface area is 228 Å². The van der Waals surface area contributed by atoms with Crippen LogP contribution < -0.4 is 4.90 Å². The number of para-hydroxylation sites is 1. The van der Waals surface area contributed by atoms with Gasteiger partial charge in [-0.25, -0.2) is 4.79 Å². The first-order valence-electron chi connectivity index (χ1n) is 12.7. The summed E-state index contributed by atoms with van der Waals surface area (Å²) in [7, 11) is 1.29. The lowest BCUT2D eigenvalue weighted by Crippen LogP contribution is -2.41. The maximum atomic E-state index is 13.2. The summed E-state index contributed by atoms with van der Waals surface area (Å²) in [4.78, 5) is 54.1. The maximum Gasteiger partial charge on any atom is 0.335 e. The van der Waals surface area contributed by atoms with E-state index in [4.69, 9.17) is 9.47 Å². The van der Waals surface area contributed by atoms with Crippen LogP contribution in [0.1, 0.15) is 44.7 Å². The fourth-order valence-electron chi connectivity index (χ4n) is 5.49. The van der Waals surface area contributed by atoms with Crippen LogP contribution in [-0.2, 0) is 40.6 Å². The monoisotopic (exact) mass is 528 g/mol. The average Bonchev–Trinajstić information content (AvgIpc) is 3.21. The number of ether oxygens (including phenoxy) is 2. The molecule has 0 saturated heterocycles. The van der Waals surface area contributed by atoms with Crippen LogP contribution in [0.5, 0.6) is 0 Å². The molecule has 2 aromatic rings. The molecule has 1 atom stereocenters. The predicted molar refractivity (Wildman–Crippen MR) is 146 cm³/mol. The molecular weight excluding hydrogens is 496 g/mol. The average molecular weight is 529 g/mol. The predicted octanol–water partition coefficient (Wildman–Crippen LogP) is 4.56. The minimum absolute atomic E-state index is 0.0636. The first kappa shape index (κ1) is 27.6. The van der Waals surface area contributed by atoms with E-state index in [-0.39, 0.29) is 29.6 Å². The SMILES string of the molecule is C=C(OC(C)=O)C1=C[C@]2(CCN(Cc3ccccc3)C(C)=O)C(=C(C(=O)OC)C1)N(C(C)=O)c1ccccc12. The van der Waals surface area contributed by atoms with Gasteiger partial charge in [0.05, 0.1) is 29.5 Å². The Morgan fingerprint density at radius 1 is 1.00 bits per heavy atom. The first-order valence-corrected chi connectivity index (χ1v) is 12.7. The summed E-state index contributed by atoms with van der Waals surface area (Å²) in [6, 6.07) is 17.1. The zero-order valence-electron chi connectivity index (χ0n) is 22.7. The van der Waals surface area contributed by atoms with E-state index >= 15 is 0 Å². The molecule has 0 N–H and O–H groups in total. The highest BCUT2D eigenvalue weighted by Gasteiger charge is 2.52. The summed E-state index contributed by atoms with van der Waals surface area (Å²) in [5.41, 5.74) is 2.73. The molecule has 0 saturated carbocycles. The third-order valence-electron chi connectivity index (χ3n) is 7.15. The number of esters is 2.